The number of hydrogen-bond acceptors (Lipinski definition) is 5. The summed E-state index contributed by atoms with van der Waals surface area (Å²) < 4.78 is 5.21. The van der Waals surface area contributed by atoms with Gasteiger partial charge in [-0.1, -0.05) is 18.2 Å². The fraction of sp³-hybridized carbons (Fsp3) is 0.316. The molecule has 0 atom stereocenters. The van der Waals surface area contributed by atoms with Crippen molar-refractivity contribution in [3.05, 3.63) is 51.7 Å². The lowest BCUT2D eigenvalue weighted by atomic mass is 10.2. The molecule has 0 saturated carbocycles. The molecule has 1 aliphatic carbocycles. The second-order valence-corrected chi connectivity index (χ2v) is 6.91. The third-order valence-corrected chi connectivity index (χ3v) is 5.31. The number of amides is 1. The van der Waals surface area contributed by atoms with Gasteiger partial charge in [-0.15, -0.1) is 11.3 Å². The van der Waals surface area contributed by atoms with Crippen LogP contribution in [0.4, 0.5) is 5.69 Å². The van der Waals surface area contributed by atoms with Crippen LogP contribution in [0.3, 0.4) is 0 Å². The zero-order chi connectivity index (χ0) is 17.6. The van der Waals surface area contributed by atoms with Gasteiger partial charge in [-0.25, -0.2) is 4.79 Å². The Bertz CT molecular complexity index is 786. The summed E-state index contributed by atoms with van der Waals surface area (Å²) in [6.45, 7) is -0.0636. The molecule has 0 radical (unpaired) electrons. The van der Waals surface area contributed by atoms with E-state index in [4.69, 9.17) is 10.00 Å². The number of fused-ring (bicyclic) bond motifs is 1. The fourth-order valence-corrected chi connectivity index (χ4v) is 4.02. The first-order valence-corrected chi connectivity index (χ1v) is 9.02. The Balaban J connectivity index is 1.62. The number of carbonyl (C=O) groups excluding carboxylic acids is 2. The molecule has 0 spiro atoms. The van der Waals surface area contributed by atoms with E-state index in [1.54, 1.807) is 12.1 Å². The third kappa shape index (κ3) is 4.06. The molecule has 1 heterocycles. The Morgan fingerprint density at radius 3 is 2.76 bits per heavy atom. The summed E-state index contributed by atoms with van der Waals surface area (Å²) >= 11 is 1.46. The number of nitriles is 1. The summed E-state index contributed by atoms with van der Waals surface area (Å²) in [7, 11) is 0. The number of rotatable bonds is 6. The van der Waals surface area contributed by atoms with Crippen LogP contribution >= 0.6 is 11.3 Å². The molecule has 3 rings (SSSR count). The second kappa shape index (κ2) is 7.95. The largest absolute Gasteiger partial charge is 0.451 e. The van der Waals surface area contributed by atoms with Gasteiger partial charge < -0.3 is 9.64 Å². The minimum Gasteiger partial charge on any atom is -0.451 e. The van der Waals surface area contributed by atoms with E-state index in [2.05, 4.69) is 0 Å². The van der Waals surface area contributed by atoms with Crippen molar-refractivity contribution in [3.8, 4) is 6.07 Å². The second-order valence-electron chi connectivity index (χ2n) is 5.78. The first-order valence-electron chi connectivity index (χ1n) is 8.20. The molecular weight excluding hydrogens is 336 g/mol. The molecule has 0 bridgehead atoms. The highest BCUT2D eigenvalue weighted by Gasteiger charge is 2.21. The molecule has 1 amide bonds. The average Bonchev–Trinajstić information content (AvgIpc) is 3.23. The van der Waals surface area contributed by atoms with Gasteiger partial charge in [0.2, 0.25) is 0 Å². The van der Waals surface area contributed by atoms with E-state index in [0.29, 0.717) is 10.6 Å². The van der Waals surface area contributed by atoms with E-state index in [0.717, 1.165) is 19.3 Å². The fourth-order valence-electron chi connectivity index (χ4n) is 2.87. The summed E-state index contributed by atoms with van der Waals surface area (Å²) in [5.74, 6) is -0.792. The van der Waals surface area contributed by atoms with E-state index in [1.807, 2.05) is 30.3 Å². The van der Waals surface area contributed by atoms with Crippen molar-refractivity contribution in [2.45, 2.75) is 25.7 Å². The standard InChI is InChI=1S/C19H18N2O3S/c20-10-5-11-21(15-7-2-1-3-8-15)18(22)13-24-19(23)17-12-14-6-4-9-16(14)25-17/h1-3,7-8,12H,4-6,9,11,13H2. The van der Waals surface area contributed by atoms with Crippen LogP contribution in [0.2, 0.25) is 0 Å². The SMILES string of the molecule is N#CCCN(C(=O)COC(=O)c1cc2c(s1)CCC2)c1ccccc1. The lowest BCUT2D eigenvalue weighted by Crippen LogP contribution is -2.35. The molecule has 128 valence electrons. The van der Waals surface area contributed by atoms with Crippen molar-refractivity contribution in [3.63, 3.8) is 0 Å². The van der Waals surface area contributed by atoms with Crippen LogP contribution in [0.5, 0.6) is 0 Å². The van der Waals surface area contributed by atoms with Crippen LogP contribution in [-0.2, 0) is 22.4 Å². The number of ether oxygens (including phenoxy) is 1. The summed E-state index contributed by atoms with van der Waals surface area (Å²) in [6.07, 6.45) is 3.38. The molecule has 6 heteroatoms. The Labute approximate surface area is 150 Å². The summed E-state index contributed by atoms with van der Waals surface area (Å²) in [6, 6.07) is 13.0. The Hall–Kier alpha value is -2.65. The van der Waals surface area contributed by atoms with Crippen LogP contribution in [0.15, 0.2) is 36.4 Å². The van der Waals surface area contributed by atoms with Crippen molar-refractivity contribution in [1.29, 1.82) is 5.26 Å². The first kappa shape index (κ1) is 17.2. The molecule has 25 heavy (non-hydrogen) atoms. The van der Waals surface area contributed by atoms with E-state index in [-0.39, 0.29) is 25.5 Å². The molecule has 0 fully saturated rings. The Kier molecular flexibility index (Phi) is 5.46. The van der Waals surface area contributed by atoms with Crippen LogP contribution in [0, 0.1) is 11.3 Å². The van der Waals surface area contributed by atoms with Gasteiger partial charge in [-0.2, -0.15) is 5.26 Å². The van der Waals surface area contributed by atoms with Crippen molar-refractivity contribution in [2.24, 2.45) is 0 Å². The quantitative estimate of drug-likeness (QED) is 0.746. The minimum absolute atomic E-state index is 0.215. The van der Waals surface area contributed by atoms with Crippen LogP contribution in [-0.4, -0.2) is 25.0 Å². The summed E-state index contributed by atoms with van der Waals surface area (Å²) in [5, 5.41) is 8.80. The van der Waals surface area contributed by atoms with Gasteiger partial charge in [-0.05, 0) is 43.0 Å². The van der Waals surface area contributed by atoms with Gasteiger partial charge in [0, 0.05) is 17.1 Å². The lowest BCUT2D eigenvalue weighted by molar-refractivity contribution is -0.121. The first-order chi connectivity index (χ1) is 12.2. The molecule has 5 nitrogen and oxygen atoms in total. The molecule has 1 aliphatic rings. The van der Waals surface area contributed by atoms with Gasteiger partial charge >= 0.3 is 5.97 Å². The van der Waals surface area contributed by atoms with Gasteiger partial charge in [0.25, 0.3) is 5.91 Å². The van der Waals surface area contributed by atoms with E-state index >= 15 is 0 Å². The van der Waals surface area contributed by atoms with Crippen molar-refractivity contribution < 1.29 is 14.3 Å². The molecule has 0 unspecified atom stereocenters. The van der Waals surface area contributed by atoms with Crippen molar-refractivity contribution in [1.82, 2.24) is 0 Å². The van der Waals surface area contributed by atoms with Crippen LogP contribution in [0.25, 0.3) is 0 Å². The van der Waals surface area contributed by atoms with Gasteiger partial charge in [0.15, 0.2) is 6.61 Å². The van der Waals surface area contributed by atoms with Crippen LogP contribution < -0.4 is 4.90 Å². The number of anilines is 1. The maximum atomic E-state index is 12.5. The Morgan fingerprint density at radius 2 is 2.04 bits per heavy atom. The number of benzene rings is 1. The highest BCUT2D eigenvalue weighted by atomic mass is 32.1. The normalized spacial score (nSPS) is 12.3. The minimum atomic E-state index is -0.457. The monoisotopic (exact) mass is 354 g/mol. The predicted octanol–water partition coefficient (Wildman–Crippen LogP) is 3.34. The summed E-state index contributed by atoms with van der Waals surface area (Å²) in [5.41, 5.74) is 1.91. The average molecular weight is 354 g/mol. The predicted molar refractivity (Wildman–Crippen MR) is 95.7 cm³/mol. The van der Waals surface area contributed by atoms with Crippen molar-refractivity contribution in [2.75, 3.05) is 18.1 Å². The topological polar surface area (TPSA) is 70.4 Å². The molecule has 0 aliphatic heterocycles. The highest BCUT2D eigenvalue weighted by molar-refractivity contribution is 7.14. The zero-order valence-corrected chi connectivity index (χ0v) is 14.6. The van der Waals surface area contributed by atoms with Gasteiger partial charge in [0.05, 0.1) is 12.5 Å². The summed E-state index contributed by atoms with van der Waals surface area (Å²) in [4.78, 5) is 27.9. The number of aryl methyl sites for hydroxylation is 2. The third-order valence-electron chi connectivity index (χ3n) is 4.09. The van der Waals surface area contributed by atoms with E-state index in [1.165, 1.54) is 26.7 Å². The molecule has 0 N–H and O–H groups in total. The maximum absolute atomic E-state index is 12.5. The Morgan fingerprint density at radius 1 is 1.24 bits per heavy atom. The molecule has 0 saturated heterocycles. The smallest absolute Gasteiger partial charge is 0.348 e. The van der Waals surface area contributed by atoms with E-state index < -0.39 is 5.97 Å². The van der Waals surface area contributed by atoms with Crippen LogP contribution in [0.1, 0.15) is 33.0 Å². The molecule has 1 aromatic heterocycles. The van der Waals surface area contributed by atoms with E-state index in [9.17, 15) is 9.59 Å². The van der Waals surface area contributed by atoms with Gasteiger partial charge in [-0.3, -0.25) is 4.79 Å². The lowest BCUT2D eigenvalue weighted by Gasteiger charge is -2.21. The number of hydrogen-bond donors (Lipinski definition) is 0. The maximum Gasteiger partial charge on any atom is 0.348 e. The number of para-hydroxylation sites is 1. The number of carbonyl (C=O) groups is 2. The highest BCUT2D eigenvalue weighted by Crippen LogP contribution is 2.30. The number of nitrogens with zero attached hydrogens (tertiary/aromatic N) is 2. The molecule has 2 aromatic rings. The zero-order valence-electron chi connectivity index (χ0n) is 13.7. The van der Waals surface area contributed by atoms with Crippen molar-refractivity contribution >= 4 is 28.9 Å². The molecular formula is C19H18N2O3S. The van der Waals surface area contributed by atoms with Gasteiger partial charge in [0.1, 0.15) is 4.88 Å². The number of thiophene rings is 1. The number of esters is 1. The molecule has 1 aromatic carbocycles.